The van der Waals surface area contributed by atoms with Gasteiger partial charge < -0.3 is 33.4 Å². The number of hydrogen-bond acceptors (Lipinski definition) is 8. The highest BCUT2D eigenvalue weighted by Crippen LogP contribution is 2.40. The molecule has 1 N–H and O–H groups in total. The zero-order chi connectivity index (χ0) is 25.7. The number of anilines is 1. The third-order valence-electron chi connectivity index (χ3n) is 5.44. The molecule has 0 aliphatic heterocycles. The van der Waals surface area contributed by atoms with Gasteiger partial charge in [0.05, 0.1) is 28.4 Å². The Kier molecular flexibility index (Phi) is 7.29. The Labute approximate surface area is 207 Å². The zero-order valence-electron chi connectivity index (χ0n) is 20.2. The molecule has 0 radical (unpaired) electrons. The number of nitrogens with one attached hydrogen (secondary N) is 1. The van der Waals surface area contributed by atoms with Crippen LogP contribution in [0.3, 0.4) is 0 Å². The van der Waals surface area contributed by atoms with Crippen LogP contribution in [-0.4, -0.2) is 41.0 Å². The maximum absolute atomic E-state index is 12.5. The van der Waals surface area contributed by atoms with Crippen molar-refractivity contribution in [2.75, 3.05) is 40.4 Å². The predicted molar refractivity (Wildman–Crippen MR) is 135 cm³/mol. The molecule has 0 fully saturated rings. The number of methoxy groups -OCH3 is 4. The van der Waals surface area contributed by atoms with Gasteiger partial charge in [0, 0.05) is 35.3 Å². The van der Waals surface area contributed by atoms with Crippen LogP contribution in [0.2, 0.25) is 0 Å². The van der Waals surface area contributed by atoms with E-state index in [1.807, 2.05) is 24.3 Å². The van der Waals surface area contributed by atoms with E-state index < -0.39 is 11.5 Å². The maximum Gasteiger partial charge on any atom is 0.336 e. The van der Waals surface area contributed by atoms with Crippen LogP contribution in [0, 0.1) is 0 Å². The number of amides is 1. The first kappa shape index (κ1) is 24.5. The fraction of sp³-hybridized carbons (Fsp3) is 0.185. The molecule has 4 rings (SSSR count). The van der Waals surface area contributed by atoms with E-state index >= 15 is 0 Å². The Bertz CT molecular complexity index is 1420. The summed E-state index contributed by atoms with van der Waals surface area (Å²) < 4.78 is 32.1. The number of carbonyl (C=O) groups is 1. The Morgan fingerprint density at radius 2 is 1.47 bits per heavy atom. The van der Waals surface area contributed by atoms with E-state index in [0.29, 0.717) is 40.0 Å². The summed E-state index contributed by atoms with van der Waals surface area (Å²) in [6, 6.07) is 17.1. The average Bonchev–Trinajstić information content (AvgIpc) is 2.90. The third kappa shape index (κ3) is 5.20. The molecular weight excluding hydrogens is 466 g/mol. The van der Waals surface area contributed by atoms with Gasteiger partial charge in [0.15, 0.2) is 18.1 Å². The van der Waals surface area contributed by atoms with Gasteiger partial charge in [0.2, 0.25) is 5.75 Å². The second kappa shape index (κ2) is 10.7. The van der Waals surface area contributed by atoms with Crippen LogP contribution < -0.4 is 34.6 Å². The SMILES string of the molecule is COc1ccc(-c2cc(=O)oc3cc(OCC(=O)Nc4cc(OC)c(OC)c(OC)c4)ccc23)cc1. The second-order valence-electron chi connectivity index (χ2n) is 7.62. The van der Waals surface area contributed by atoms with Crippen LogP contribution in [0.1, 0.15) is 0 Å². The highest BCUT2D eigenvalue weighted by molar-refractivity contribution is 5.94. The topological polar surface area (TPSA) is 105 Å². The minimum absolute atomic E-state index is 0.273. The summed E-state index contributed by atoms with van der Waals surface area (Å²) in [5.41, 5.74) is 1.86. The highest BCUT2D eigenvalue weighted by atomic mass is 16.5. The maximum atomic E-state index is 12.5. The minimum Gasteiger partial charge on any atom is -0.497 e. The summed E-state index contributed by atoms with van der Waals surface area (Å²) in [5.74, 6) is 1.92. The molecule has 36 heavy (non-hydrogen) atoms. The molecule has 1 aromatic heterocycles. The van der Waals surface area contributed by atoms with Crippen molar-refractivity contribution in [1.82, 2.24) is 0 Å². The van der Waals surface area contributed by atoms with Gasteiger partial charge in [-0.3, -0.25) is 4.79 Å². The summed E-state index contributed by atoms with van der Waals surface area (Å²) in [4.78, 5) is 24.7. The van der Waals surface area contributed by atoms with E-state index in [-0.39, 0.29) is 6.61 Å². The zero-order valence-corrected chi connectivity index (χ0v) is 20.2. The molecule has 1 heterocycles. The Balaban J connectivity index is 1.51. The predicted octanol–water partition coefficient (Wildman–Crippen LogP) is 4.51. The fourth-order valence-corrected chi connectivity index (χ4v) is 3.74. The lowest BCUT2D eigenvalue weighted by molar-refractivity contribution is -0.118. The molecule has 0 saturated carbocycles. The lowest BCUT2D eigenvalue weighted by Crippen LogP contribution is -2.20. The van der Waals surface area contributed by atoms with Crippen LogP contribution >= 0.6 is 0 Å². The Morgan fingerprint density at radius 3 is 2.08 bits per heavy atom. The van der Waals surface area contributed by atoms with Gasteiger partial charge in [0.25, 0.3) is 5.91 Å². The largest absolute Gasteiger partial charge is 0.497 e. The second-order valence-corrected chi connectivity index (χ2v) is 7.62. The van der Waals surface area contributed by atoms with Crippen LogP contribution in [0.25, 0.3) is 22.1 Å². The smallest absolute Gasteiger partial charge is 0.336 e. The van der Waals surface area contributed by atoms with Gasteiger partial charge >= 0.3 is 5.63 Å². The highest BCUT2D eigenvalue weighted by Gasteiger charge is 2.15. The molecule has 0 aliphatic rings. The van der Waals surface area contributed by atoms with Crippen molar-refractivity contribution in [3.05, 3.63) is 71.1 Å². The van der Waals surface area contributed by atoms with E-state index in [9.17, 15) is 9.59 Å². The van der Waals surface area contributed by atoms with E-state index in [4.69, 9.17) is 28.1 Å². The van der Waals surface area contributed by atoms with Gasteiger partial charge in [-0.2, -0.15) is 0 Å². The minimum atomic E-state index is -0.495. The molecule has 0 spiro atoms. The van der Waals surface area contributed by atoms with Crippen LogP contribution in [0.5, 0.6) is 28.7 Å². The van der Waals surface area contributed by atoms with Crippen LogP contribution in [0.15, 0.2) is 69.9 Å². The molecule has 9 nitrogen and oxygen atoms in total. The summed E-state index contributed by atoms with van der Waals surface area (Å²) in [6.07, 6.45) is 0. The number of benzene rings is 3. The summed E-state index contributed by atoms with van der Waals surface area (Å²) in [6.45, 7) is -0.273. The average molecular weight is 491 g/mol. The van der Waals surface area contributed by atoms with Gasteiger partial charge in [-0.25, -0.2) is 4.79 Å². The molecule has 1 amide bonds. The Morgan fingerprint density at radius 1 is 0.806 bits per heavy atom. The van der Waals surface area contributed by atoms with E-state index in [1.165, 1.54) is 27.4 Å². The molecule has 3 aromatic carbocycles. The monoisotopic (exact) mass is 491 g/mol. The first-order valence-electron chi connectivity index (χ1n) is 10.9. The lowest BCUT2D eigenvalue weighted by Gasteiger charge is -2.15. The number of ether oxygens (including phenoxy) is 5. The van der Waals surface area contributed by atoms with E-state index in [1.54, 1.807) is 37.4 Å². The standard InChI is InChI=1S/C27H25NO8/c1-31-18-7-5-16(6-8-18)21-14-26(30)36-22-13-19(9-10-20(21)22)35-15-25(29)28-17-11-23(32-2)27(34-4)24(12-17)33-3/h5-14H,15H2,1-4H3,(H,28,29). The first-order valence-corrected chi connectivity index (χ1v) is 10.9. The van der Waals surface area contributed by atoms with E-state index in [0.717, 1.165) is 16.5 Å². The molecule has 0 aliphatic carbocycles. The van der Waals surface area contributed by atoms with Crippen LogP contribution in [-0.2, 0) is 4.79 Å². The molecule has 9 heteroatoms. The molecule has 0 bridgehead atoms. The van der Waals surface area contributed by atoms with Crippen molar-refractivity contribution in [3.8, 4) is 39.9 Å². The van der Waals surface area contributed by atoms with Crippen molar-refractivity contribution >= 4 is 22.6 Å². The van der Waals surface area contributed by atoms with Crippen molar-refractivity contribution in [2.45, 2.75) is 0 Å². The van der Waals surface area contributed by atoms with Gasteiger partial charge in [-0.15, -0.1) is 0 Å². The Hall–Kier alpha value is -4.66. The van der Waals surface area contributed by atoms with Crippen molar-refractivity contribution in [2.24, 2.45) is 0 Å². The van der Waals surface area contributed by atoms with Gasteiger partial charge in [-0.1, -0.05) is 12.1 Å². The van der Waals surface area contributed by atoms with Crippen molar-refractivity contribution < 1.29 is 32.9 Å². The number of carbonyl (C=O) groups excluding carboxylic acids is 1. The molecule has 4 aromatic rings. The molecule has 0 atom stereocenters. The molecule has 0 saturated heterocycles. The third-order valence-corrected chi connectivity index (χ3v) is 5.44. The van der Waals surface area contributed by atoms with Gasteiger partial charge in [-0.05, 0) is 35.4 Å². The summed E-state index contributed by atoms with van der Waals surface area (Å²) in [7, 11) is 6.07. The fourth-order valence-electron chi connectivity index (χ4n) is 3.74. The summed E-state index contributed by atoms with van der Waals surface area (Å²) in [5, 5.41) is 3.47. The molecule has 0 unspecified atom stereocenters. The number of hydrogen-bond donors (Lipinski definition) is 1. The normalized spacial score (nSPS) is 10.6. The first-order chi connectivity index (χ1) is 17.4. The number of fused-ring (bicyclic) bond motifs is 1. The number of rotatable bonds is 9. The van der Waals surface area contributed by atoms with E-state index in [2.05, 4.69) is 5.32 Å². The summed E-state index contributed by atoms with van der Waals surface area (Å²) >= 11 is 0. The molecular formula is C27H25NO8. The lowest BCUT2D eigenvalue weighted by atomic mass is 10.0. The van der Waals surface area contributed by atoms with Crippen molar-refractivity contribution in [1.29, 1.82) is 0 Å². The molecule has 186 valence electrons. The quantitative estimate of drug-likeness (QED) is 0.341. The van der Waals surface area contributed by atoms with Crippen LogP contribution in [0.4, 0.5) is 5.69 Å². The van der Waals surface area contributed by atoms with Gasteiger partial charge in [0.1, 0.15) is 17.1 Å². The van der Waals surface area contributed by atoms with Crippen molar-refractivity contribution in [3.63, 3.8) is 0 Å².